The van der Waals surface area contributed by atoms with E-state index in [4.69, 9.17) is 5.73 Å². The van der Waals surface area contributed by atoms with Crippen LogP contribution in [0.25, 0.3) is 38.7 Å². The highest BCUT2D eigenvalue weighted by atomic mass is 32.2. The minimum Gasteiger partial charge on any atom is -0.404 e. The second-order valence-corrected chi connectivity index (χ2v) is 9.32. The molecule has 11 heteroatoms. The number of nitrogens with one attached hydrogen (secondary N) is 1. The maximum atomic E-state index is 12.9. The highest BCUT2D eigenvalue weighted by Crippen LogP contribution is 2.35. The predicted molar refractivity (Wildman–Crippen MR) is 144 cm³/mol. The molecule has 0 saturated carbocycles. The number of nitrogens with zero attached hydrogens (tertiary/aromatic N) is 3. The number of H-pyrrole nitrogens is 1. The van der Waals surface area contributed by atoms with E-state index in [1.165, 1.54) is 21.3 Å². The lowest BCUT2D eigenvalue weighted by atomic mass is 9.94. The zero-order chi connectivity index (χ0) is 26.9. The number of thioether (sulfide) groups is 1. The fourth-order valence-corrected chi connectivity index (χ4v) is 4.60. The number of alkyl halides is 3. The van der Waals surface area contributed by atoms with Crippen LogP contribution < -0.4 is 16.9 Å². The van der Waals surface area contributed by atoms with E-state index < -0.39 is 6.30 Å². The van der Waals surface area contributed by atoms with E-state index in [0.717, 1.165) is 28.6 Å². The lowest BCUT2D eigenvalue weighted by Gasteiger charge is -2.14. The molecule has 3 heterocycles. The Balaban J connectivity index is 1.97. The summed E-state index contributed by atoms with van der Waals surface area (Å²) in [6.45, 7) is 0. The third-order valence-corrected chi connectivity index (χ3v) is 6.52. The van der Waals surface area contributed by atoms with Gasteiger partial charge in [0.15, 0.2) is 0 Å². The van der Waals surface area contributed by atoms with Gasteiger partial charge in [-0.3, -0.25) is 9.59 Å². The van der Waals surface area contributed by atoms with E-state index in [1.54, 1.807) is 38.3 Å². The van der Waals surface area contributed by atoms with Gasteiger partial charge < -0.3 is 19.9 Å². The lowest BCUT2D eigenvalue weighted by Crippen LogP contribution is -2.18. The van der Waals surface area contributed by atoms with E-state index in [-0.39, 0.29) is 27.9 Å². The molecule has 3 N–H and O–H groups in total. The van der Waals surface area contributed by atoms with Crippen LogP contribution in [0.5, 0.6) is 0 Å². The summed E-state index contributed by atoms with van der Waals surface area (Å²) in [7, 11) is 3.22. The molecule has 0 bridgehead atoms. The monoisotopic (exact) mass is 527 g/mol. The summed E-state index contributed by atoms with van der Waals surface area (Å²) in [5, 5.41) is 0.436. The smallest absolute Gasteiger partial charge is 0.404 e. The van der Waals surface area contributed by atoms with E-state index in [0.29, 0.717) is 22.7 Å². The van der Waals surface area contributed by atoms with Gasteiger partial charge in [0.2, 0.25) is 0 Å². The molecular weight excluding hydrogens is 503 g/mol. The Morgan fingerprint density at radius 1 is 1.05 bits per heavy atom. The molecule has 0 aliphatic heterocycles. The number of rotatable bonds is 6. The molecule has 3 aromatic heterocycles. The van der Waals surface area contributed by atoms with E-state index in [2.05, 4.69) is 9.98 Å². The number of aromatic nitrogens is 3. The Morgan fingerprint density at radius 2 is 1.73 bits per heavy atom. The molecule has 0 spiro atoms. The molecule has 7 nitrogen and oxygen atoms in total. The average molecular weight is 528 g/mol. The minimum absolute atomic E-state index is 0.0462. The van der Waals surface area contributed by atoms with Gasteiger partial charge in [-0.15, -0.1) is 13.2 Å². The molecule has 0 unspecified atom stereocenters. The maximum Gasteiger partial charge on any atom is 0.503 e. The molecule has 4 rings (SSSR count). The molecule has 0 radical (unpaired) electrons. The number of halogens is 3. The summed E-state index contributed by atoms with van der Waals surface area (Å²) in [6, 6.07) is 11.0. The van der Waals surface area contributed by atoms with Crippen molar-refractivity contribution < 1.29 is 13.2 Å². The molecule has 0 fully saturated rings. The number of hydrogen-bond acceptors (Lipinski definition) is 5. The molecular formula is C26H24F3N5O2S. The van der Waals surface area contributed by atoms with Crippen LogP contribution in [0, 0.1) is 0 Å². The van der Waals surface area contributed by atoms with Crippen LogP contribution in [0.2, 0.25) is 0 Å². The van der Waals surface area contributed by atoms with Gasteiger partial charge in [0, 0.05) is 78.5 Å². The molecule has 0 aliphatic carbocycles. The number of hydrogen-bond donors (Lipinski definition) is 2. The van der Waals surface area contributed by atoms with Crippen molar-refractivity contribution in [2.75, 3.05) is 6.26 Å². The first-order chi connectivity index (χ1) is 17.5. The van der Waals surface area contributed by atoms with Gasteiger partial charge in [0.1, 0.15) is 5.52 Å². The summed E-state index contributed by atoms with van der Waals surface area (Å²) in [6.07, 6.45) is 2.16. The first kappa shape index (κ1) is 26.1. The molecule has 0 saturated heterocycles. The molecule has 192 valence electrons. The normalized spacial score (nSPS) is 12.6. The number of benzene rings is 1. The van der Waals surface area contributed by atoms with Gasteiger partial charge in [-0.05, 0) is 29.0 Å². The quantitative estimate of drug-likeness (QED) is 0.282. The van der Waals surface area contributed by atoms with Gasteiger partial charge >= 0.3 is 6.30 Å². The first-order valence-electron chi connectivity index (χ1n) is 11.1. The largest absolute Gasteiger partial charge is 0.503 e. The lowest BCUT2D eigenvalue weighted by molar-refractivity contribution is -0.118. The van der Waals surface area contributed by atoms with Gasteiger partial charge in [-0.25, -0.2) is 0 Å². The van der Waals surface area contributed by atoms with Crippen molar-refractivity contribution >= 4 is 34.5 Å². The summed E-state index contributed by atoms with van der Waals surface area (Å²) in [4.78, 5) is 31.1. The van der Waals surface area contributed by atoms with Crippen molar-refractivity contribution in [3.05, 3.63) is 87.0 Å². The number of aromatic amines is 1. The number of fused-ring (bicyclic) bond motifs is 1. The van der Waals surface area contributed by atoms with Gasteiger partial charge in [0.05, 0.1) is 0 Å². The van der Waals surface area contributed by atoms with Crippen molar-refractivity contribution in [1.82, 2.24) is 14.1 Å². The topological polar surface area (TPSA) is 98.2 Å². The number of pyridine rings is 2. The third-order valence-electron chi connectivity index (χ3n) is 5.90. The Hall–Kier alpha value is -3.99. The first-order valence-corrected chi connectivity index (χ1v) is 12.5. The fourth-order valence-electron chi connectivity index (χ4n) is 4.08. The SMILES string of the molecule is CSCc1ccc(-c2cn(C)c(=O)cc2-c2cn(C)c(=O)c3[nH]c(C(C=NC(F)(F)F)=CN)cc23)cc1. The van der Waals surface area contributed by atoms with Crippen LogP contribution in [-0.4, -0.2) is 32.9 Å². The summed E-state index contributed by atoms with van der Waals surface area (Å²) in [5.74, 6) is 0.864. The Kier molecular flexibility index (Phi) is 7.17. The van der Waals surface area contributed by atoms with Crippen LogP contribution in [-0.2, 0) is 19.8 Å². The van der Waals surface area contributed by atoms with Crippen LogP contribution in [0.3, 0.4) is 0 Å². The molecule has 0 amide bonds. The van der Waals surface area contributed by atoms with Crippen molar-refractivity contribution in [1.29, 1.82) is 0 Å². The van der Waals surface area contributed by atoms with Gasteiger partial charge in [-0.1, -0.05) is 24.3 Å². The highest BCUT2D eigenvalue weighted by molar-refractivity contribution is 7.97. The highest BCUT2D eigenvalue weighted by Gasteiger charge is 2.25. The number of nitrogens with two attached hydrogens (primary N) is 1. The van der Waals surface area contributed by atoms with Crippen LogP contribution in [0.1, 0.15) is 11.3 Å². The number of aliphatic imine (C=N–C) groups is 1. The molecule has 0 atom stereocenters. The molecule has 1 aromatic carbocycles. The van der Waals surface area contributed by atoms with Crippen molar-refractivity contribution in [3.8, 4) is 22.3 Å². The average Bonchev–Trinajstić information content (AvgIpc) is 3.29. The van der Waals surface area contributed by atoms with Crippen LogP contribution in [0.15, 0.2) is 69.6 Å². The van der Waals surface area contributed by atoms with Crippen LogP contribution >= 0.6 is 11.8 Å². The molecule has 0 aliphatic rings. The number of aryl methyl sites for hydroxylation is 2. The van der Waals surface area contributed by atoms with E-state index >= 15 is 0 Å². The van der Waals surface area contributed by atoms with E-state index in [1.807, 2.05) is 30.5 Å². The Morgan fingerprint density at radius 3 is 2.35 bits per heavy atom. The zero-order valence-corrected chi connectivity index (χ0v) is 21.1. The summed E-state index contributed by atoms with van der Waals surface area (Å²) < 4.78 is 40.8. The molecule has 37 heavy (non-hydrogen) atoms. The Labute approximate surface area is 214 Å². The minimum atomic E-state index is -4.77. The predicted octanol–water partition coefficient (Wildman–Crippen LogP) is 4.65. The van der Waals surface area contributed by atoms with E-state index in [9.17, 15) is 22.8 Å². The second kappa shape index (κ2) is 10.2. The van der Waals surface area contributed by atoms with Crippen molar-refractivity contribution in [3.63, 3.8) is 0 Å². The third kappa shape index (κ3) is 5.41. The zero-order valence-electron chi connectivity index (χ0n) is 20.3. The van der Waals surface area contributed by atoms with Gasteiger partial charge in [-0.2, -0.15) is 16.8 Å². The second-order valence-electron chi connectivity index (χ2n) is 8.46. The van der Waals surface area contributed by atoms with Crippen LogP contribution in [0.4, 0.5) is 13.2 Å². The molecule has 4 aromatic rings. The van der Waals surface area contributed by atoms with Crippen molar-refractivity contribution in [2.45, 2.75) is 12.1 Å². The summed E-state index contributed by atoms with van der Waals surface area (Å²) >= 11 is 1.71. The van der Waals surface area contributed by atoms with Crippen molar-refractivity contribution in [2.24, 2.45) is 24.8 Å². The Bertz CT molecular complexity index is 1640. The summed E-state index contributed by atoms with van der Waals surface area (Å²) in [5.41, 5.74) is 9.15. The maximum absolute atomic E-state index is 12.9. The number of allylic oxidation sites excluding steroid dienone is 1. The standard InChI is InChI=1S/C26H24F3N5O2S/c1-33-12-20(16-6-4-15(5-7-16)14-37-3)18(9-23(33)35)21-13-34(2)25(36)24-19(21)8-22(32-24)17(10-30)11-31-26(27,28)29/h4-13,32H,14,30H2,1-3H3. The van der Waals surface area contributed by atoms with Gasteiger partial charge in [0.25, 0.3) is 11.1 Å². The fraction of sp³-hybridized carbons (Fsp3) is 0.192.